The van der Waals surface area contributed by atoms with Crippen molar-refractivity contribution < 1.29 is 52.6 Å². The molecule has 0 aromatic heterocycles. The summed E-state index contributed by atoms with van der Waals surface area (Å²) in [4.78, 5) is 64.4. The lowest BCUT2D eigenvalue weighted by molar-refractivity contribution is -0.153. The number of nitrogens with zero attached hydrogens (tertiary/aromatic N) is 2. The Labute approximate surface area is 230 Å². The van der Waals surface area contributed by atoms with Crippen LogP contribution in [0.15, 0.2) is 30.3 Å². The minimum absolute atomic E-state index is 0.0438. The molecule has 1 unspecified atom stereocenters. The fraction of sp³-hybridized carbons (Fsp3) is 0.292. The minimum Gasteiger partial charge on any atom is -0.534 e. The largest absolute Gasteiger partial charge is 0.547 e. The van der Waals surface area contributed by atoms with Gasteiger partial charge < -0.3 is 41.2 Å². The molecular formula is C24H24BF2N5O9. The highest BCUT2D eigenvalue weighted by Crippen LogP contribution is 2.31. The van der Waals surface area contributed by atoms with E-state index in [4.69, 9.17) is 10.4 Å². The smallest absolute Gasteiger partial charge is 0.534 e. The number of benzene rings is 2. The highest BCUT2D eigenvalue weighted by molar-refractivity contribution is 6.47. The Morgan fingerprint density at radius 3 is 2.46 bits per heavy atom. The molecule has 2 aliphatic rings. The maximum Gasteiger partial charge on any atom is 0.547 e. The molecule has 0 aliphatic carbocycles. The summed E-state index contributed by atoms with van der Waals surface area (Å²) in [7, 11) is -1.76. The first-order valence-electron chi connectivity index (χ1n) is 12.2. The van der Waals surface area contributed by atoms with Crippen LogP contribution in [0, 0.1) is 11.6 Å². The second-order valence-electron chi connectivity index (χ2n) is 9.18. The summed E-state index contributed by atoms with van der Waals surface area (Å²) >= 11 is 0. The molecule has 2 aliphatic heterocycles. The van der Waals surface area contributed by atoms with E-state index in [1.165, 1.54) is 18.2 Å². The highest BCUT2D eigenvalue weighted by atomic mass is 19.1. The first-order valence-corrected chi connectivity index (χ1v) is 12.2. The fourth-order valence-electron chi connectivity index (χ4n) is 4.47. The lowest BCUT2D eigenvalue weighted by Crippen LogP contribution is -2.60. The van der Waals surface area contributed by atoms with Gasteiger partial charge in [-0.05, 0) is 35.7 Å². The summed E-state index contributed by atoms with van der Waals surface area (Å²) < 4.78 is 33.7. The van der Waals surface area contributed by atoms with Crippen LogP contribution in [-0.4, -0.2) is 94.0 Å². The molecule has 7 N–H and O–H groups in total. The standard InChI is InChI=1S/C24H24BF2N5O9/c26-14-8-12(9-15(27)18(14)33)17(30-24(39)32-7-6-31(5-4-28)21(35)22(32)36)20(34)29-16-10-11-2-1-3-13(23(37)38)19(11)41-25(16)40/h1-3,8-9,16-17,33,40H,4-7,10,28H2,(H,29,34)(H,30,39)(H,37,38)/t16-,17?/m0/s1. The second kappa shape index (κ2) is 11.8. The van der Waals surface area contributed by atoms with Crippen LogP contribution >= 0.6 is 0 Å². The monoisotopic (exact) mass is 575 g/mol. The Morgan fingerprint density at radius 1 is 1.15 bits per heavy atom. The molecule has 2 aromatic carbocycles. The number of carboxylic acid groups (broad SMARTS) is 1. The number of aromatic carboxylic acids is 1. The van der Waals surface area contributed by atoms with Crippen molar-refractivity contribution >= 4 is 36.8 Å². The molecule has 0 radical (unpaired) electrons. The number of carboxylic acids is 1. The molecule has 1 fully saturated rings. The number of phenolic OH excluding ortho intramolecular Hbond substituents is 1. The zero-order valence-corrected chi connectivity index (χ0v) is 21.2. The molecule has 2 heterocycles. The Kier molecular flexibility index (Phi) is 8.39. The van der Waals surface area contributed by atoms with Crippen molar-refractivity contribution in [2.24, 2.45) is 5.73 Å². The average molecular weight is 575 g/mol. The van der Waals surface area contributed by atoms with Crippen LogP contribution in [0.25, 0.3) is 0 Å². The van der Waals surface area contributed by atoms with E-state index in [1.807, 2.05) is 0 Å². The second-order valence-corrected chi connectivity index (χ2v) is 9.18. The van der Waals surface area contributed by atoms with Crippen molar-refractivity contribution in [3.63, 3.8) is 0 Å². The van der Waals surface area contributed by atoms with Crippen molar-refractivity contribution in [1.29, 1.82) is 0 Å². The van der Waals surface area contributed by atoms with Crippen molar-refractivity contribution in [3.05, 3.63) is 58.7 Å². The normalized spacial score (nSPS) is 17.5. The number of para-hydroxylation sites is 1. The fourth-order valence-corrected chi connectivity index (χ4v) is 4.47. The van der Waals surface area contributed by atoms with Gasteiger partial charge in [-0.1, -0.05) is 12.1 Å². The van der Waals surface area contributed by atoms with Crippen LogP contribution in [0.4, 0.5) is 13.6 Å². The number of fused-ring (bicyclic) bond motifs is 1. The number of aromatic hydroxyl groups is 1. The first-order chi connectivity index (χ1) is 19.4. The summed E-state index contributed by atoms with van der Waals surface area (Å²) in [6.45, 7) is -0.164. The van der Waals surface area contributed by atoms with E-state index in [0.717, 1.165) is 4.90 Å². The Bertz CT molecular complexity index is 1400. The van der Waals surface area contributed by atoms with Gasteiger partial charge in [-0.2, -0.15) is 0 Å². The summed E-state index contributed by atoms with van der Waals surface area (Å²) in [5, 5.41) is 33.9. The van der Waals surface area contributed by atoms with E-state index < -0.39 is 71.8 Å². The van der Waals surface area contributed by atoms with Crippen molar-refractivity contribution in [1.82, 2.24) is 20.4 Å². The van der Waals surface area contributed by atoms with Gasteiger partial charge in [0.2, 0.25) is 5.91 Å². The van der Waals surface area contributed by atoms with Crippen molar-refractivity contribution in [3.8, 4) is 11.5 Å². The lowest BCUT2D eigenvalue weighted by atomic mass is 9.72. The molecule has 1 saturated heterocycles. The van der Waals surface area contributed by atoms with Gasteiger partial charge in [0.25, 0.3) is 0 Å². The number of carbonyl (C=O) groups excluding carboxylic acids is 4. The molecular weight excluding hydrogens is 551 g/mol. The number of nitrogens with two attached hydrogens (primary N) is 1. The van der Waals surface area contributed by atoms with Gasteiger partial charge in [0.05, 0.1) is 11.5 Å². The van der Waals surface area contributed by atoms with Gasteiger partial charge in [0, 0.05) is 26.2 Å². The van der Waals surface area contributed by atoms with Crippen LogP contribution in [0.1, 0.15) is 27.5 Å². The molecule has 0 spiro atoms. The average Bonchev–Trinajstić information content (AvgIpc) is 2.92. The van der Waals surface area contributed by atoms with Gasteiger partial charge in [-0.25, -0.2) is 18.4 Å². The quantitative estimate of drug-likeness (QED) is 0.173. The molecule has 2 aromatic rings. The number of carbonyl (C=O) groups is 5. The summed E-state index contributed by atoms with van der Waals surface area (Å²) in [5.41, 5.74) is 5.03. The molecule has 216 valence electrons. The number of hydrogen-bond donors (Lipinski definition) is 6. The van der Waals surface area contributed by atoms with Gasteiger partial charge in [-0.15, -0.1) is 0 Å². The van der Waals surface area contributed by atoms with Crippen LogP contribution in [0.2, 0.25) is 0 Å². The number of phenols is 1. The Morgan fingerprint density at radius 2 is 1.83 bits per heavy atom. The number of urea groups is 1. The maximum absolute atomic E-state index is 14.2. The van der Waals surface area contributed by atoms with E-state index in [2.05, 4.69) is 10.6 Å². The Hall–Kier alpha value is -4.77. The zero-order chi connectivity index (χ0) is 30.0. The molecule has 4 rings (SSSR count). The first kappa shape index (κ1) is 29.2. The third-order valence-corrected chi connectivity index (χ3v) is 6.53. The van der Waals surface area contributed by atoms with Gasteiger partial charge in [0.1, 0.15) is 11.8 Å². The third-order valence-electron chi connectivity index (χ3n) is 6.53. The molecule has 5 amide bonds. The van der Waals surface area contributed by atoms with E-state index in [0.29, 0.717) is 22.6 Å². The molecule has 41 heavy (non-hydrogen) atoms. The topological polar surface area (TPSA) is 212 Å². The number of piperazine rings is 1. The molecule has 0 bridgehead atoms. The number of rotatable bonds is 7. The Balaban J connectivity index is 1.59. The number of imide groups is 1. The zero-order valence-electron chi connectivity index (χ0n) is 21.2. The highest BCUT2D eigenvalue weighted by Gasteiger charge is 2.41. The number of hydrogen-bond acceptors (Lipinski definition) is 9. The van der Waals surface area contributed by atoms with E-state index in [1.54, 1.807) is 0 Å². The van der Waals surface area contributed by atoms with Crippen molar-refractivity contribution in [2.75, 3.05) is 26.2 Å². The summed E-state index contributed by atoms with van der Waals surface area (Å²) in [5.74, 6) is -10.2. The SMILES string of the molecule is NCCN1CCN(C(=O)NC(C(=O)N[C@H]2Cc3cccc(C(=O)O)c3OB2O)c2cc(F)c(O)c(F)c2)C(=O)C1=O. The molecule has 2 atom stereocenters. The molecule has 17 heteroatoms. The maximum atomic E-state index is 14.2. The van der Waals surface area contributed by atoms with Crippen LogP contribution in [0.5, 0.6) is 11.5 Å². The predicted octanol–water partition coefficient (Wildman–Crippen LogP) is -1.11. The van der Waals surface area contributed by atoms with Crippen molar-refractivity contribution in [2.45, 2.75) is 18.4 Å². The van der Waals surface area contributed by atoms with Crippen LogP contribution in [0.3, 0.4) is 0 Å². The van der Waals surface area contributed by atoms with Crippen LogP contribution in [-0.2, 0) is 20.8 Å². The van der Waals surface area contributed by atoms with Crippen LogP contribution < -0.4 is 21.0 Å². The number of halogens is 2. The summed E-state index contributed by atoms with van der Waals surface area (Å²) in [6, 6.07) is 2.23. The predicted molar refractivity (Wildman–Crippen MR) is 134 cm³/mol. The third kappa shape index (κ3) is 5.90. The van der Waals surface area contributed by atoms with Gasteiger partial charge >= 0.3 is 30.9 Å². The number of amides is 5. The lowest BCUT2D eigenvalue weighted by Gasteiger charge is -2.33. The number of nitrogens with one attached hydrogen (secondary N) is 2. The molecule has 0 saturated carbocycles. The van der Waals surface area contributed by atoms with E-state index in [9.17, 15) is 48.0 Å². The molecule has 14 nitrogen and oxygen atoms in total. The van der Waals surface area contributed by atoms with E-state index >= 15 is 0 Å². The minimum atomic E-state index is -1.89. The summed E-state index contributed by atoms with van der Waals surface area (Å²) in [6.07, 6.45) is -0.127. The van der Waals surface area contributed by atoms with Gasteiger partial charge in [0.15, 0.2) is 17.4 Å². The van der Waals surface area contributed by atoms with Gasteiger partial charge in [-0.3, -0.25) is 19.3 Å². The van der Waals surface area contributed by atoms with E-state index in [-0.39, 0.29) is 43.9 Å².